The zero-order chi connectivity index (χ0) is 22.3. The Morgan fingerprint density at radius 2 is 1.97 bits per heavy atom. The lowest BCUT2D eigenvalue weighted by atomic mass is 10.0. The predicted molar refractivity (Wildman–Crippen MR) is 125 cm³/mol. The maximum atomic E-state index is 13.0. The van der Waals surface area contributed by atoms with Crippen LogP contribution in [-0.4, -0.2) is 44.7 Å². The van der Waals surface area contributed by atoms with E-state index in [4.69, 9.17) is 4.74 Å². The zero-order valence-corrected chi connectivity index (χ0v) is 18.8. The van der Waals surface area contributed by atoms with Crippen molar-refractivity contribution in [3.05, 3.63) is 66.1 Å². The average Bonchev–Trinajstić information content (AvgIpc) is 3.13. The number of benzene rings is 1. The zero-order valence-electron chi connectivity index (χ0n) is 18.8. The van der Waals surface area contributed by atoms with Crippen molar-refractivity contribution < 1.29 is 9.53 Å². The Kier molecular flexibility index (Phi) is 7.17. The van der Waals surface area contributed by atoms with Crippen LogP contribution in [0.1, 0.15) is 37.1 Å². The summed E-state index contributed by atoms with van der Waals surface area (Å²) >= 11 is 0. The Hall–Kier alpha value is -3.19. The van der Waals surface area contributed by atoms with Crippen LogP contribution in [0.4, 0.5) is 5.69 Å². The van der Waals surface area contributed by atoms with Crippen LogP contribution in [-0.2, 0) is 11.3 Å². The molecule has 2 aromatic heterocycles. The molecule has 7 nitrogen and oxygen atoms in total. The summed E-state index contributed by atoms with van der Waals surface area (Å²) in [6.45, 7) is 6.82. The smallest absolute Gasteiger partial charge is 0.241 e. The van der Waals surface area contributed by atoms with Crippen LogP contribution >= 0.6 is 0 Å². The first kappa shape index (κ1) is 22.0. The summed E-state index contributed by atoms with van der Waals surface area (Å²) < 4.78 is 7.78. The van der Waals surface area contributed by atoms with Crippen molar-refractivity contribution in [2.24, 2.45) is 0 Å². The molecule has 1 aliphatic rings. The van der Waals surface area contributed by atoms with Gasteiger partial charge in [0.15, 0.2) is 0 Å². The van der Waals surface area contributed by atoms with Crippen LogP contribution in [0.15, 0.2) is 54.7 Å². The third kappa shape index (κ3) is 5.73. The molecule has 0 aliphatic carbocycles. The van der Waals surface area contributed by atoms with E-state index >= 15 is 0 Å². The molecule has 1 amide bonds. The second-order valence-electron chi connectivity index (χ2n) is 8.34. The van der Waals surface area contributed by atoms with Crippen LogP contribution in [0.2, 0.25) is 0 Å². The number of pyridine rings is 1. The van der Waals surface area contributed by atoms with Crippen molar-refractivity contribution in [3.63, 3.8) is 0 Å². The number of hydrogen-bond donors (Lipinski definition) is 1. The number of nitrogens with zero attached hydrogens (tertiary/aromatic N) is 4. The first-order valence-corrected chi connectivity index (χ1v) is 11.3. The minimum atomic E-state index is -0.107. The van der Waals surface area contributed by atoms with Gasteiger partial charge in [-0.15, -0.1) is 0 Å². The summed E-state index contributed by atoms with van der Waals surface area (Å²) in [4.78, 5) is 19.6. The lowest BCUT2D eigenvalue weighted by Gasteiger charge is -2.34. The number of aryl methyl sites for hydroxylation is 3. The highest BCUT2D eigenvalue weighted by atomic mass is 16.5. The first-order chi connectivity index (χ1) is 15.6. The highest BCUT2D eigenvalue weighted by Crippen LogP contribution is 2.22. The van der Waals surface area contributed by atoms with Gasteiger partial charge in [0.2, 0.25) is 11.8 Å². The van der Waals surface area contributed by atoms with Gasteiger partial charge in [-0.3, -0.25) is 14.4 Å². The minimum absolute atomic E-state index is 0.0364. The molecule has 1 aromatic carbocycles. The van der Waals surface area contributed by atoms with Crippen LogP contribution in [0.25, 0.3) is 0 Å². The van der Waals surface area contributed by atoms with Crippen molar-refractivity contribution >= 4 is 11.6 Å². The van der Waals surface area contributed by atoms with Gasteiger partial charge in [0.25, 0.3) is 0 Å². The molecule has 0 spiro atoms. The molecule has 0 bridgehead atoms. The summed E-state index contributed by atoms with van der Waals surface area (Å²) in [7, 11) is 0. The molecule has 1 atom stereocenters. The molecule has 7 heteroatoms. The van der Waals surface area contributed by atoms with Crippen LogP contribution < -0.4 is 10.1 Å². The number of anilines is 1. The third-order valence-corrected chi connectivity index (χ3v) is 5.80. The molecule has 0 radical (unpaired) electrons. The van der Waals surface area contributed by atoms with E-state index in [0.29, 0.717) is 11.6 Å². The number of nitrogens with one attached hydrogen (secondary N) is 1. The Labute approximate surface area is 189 Å². The molecule has 1 N–H and O–H groups in total. The van der Waals surface area contributed by atoms with Gasteiger partial charge >= 0.3 is 0 Å². The van der Waals surface area contributed by atoms with Gasteiger partial charge in [-0.2, -0.15) is 5.10 Å². The summed E-state index contributed by atoms with van der Waals surface area (Å²) in [5, 5.41) is 7.57. The number of amides is 1. The third-order valence-electron chi connectivity index (χ3n) is 5.80. The lowest BCUT2D eigenvalue weighted by Crippen LogP contribution is -2.47. The number of ether oxygens (including phenoxy) is 1. The van der Waals surface area contributed by atoms with Crippen LogP contribution in [0.3, 0.4) is 0 Å². The number of rotatable bonds is 8. The van der Waals surface area contributed by atoms with Crippen molar-refractivity contribution in [2.75, 3.05) is 18.4 Å². The van der Waals surface area contributed by atoms with Crippen LogP contribution in [0, 0.1) is 13.8 Å². The molecule has 3 heterocycles. The van der Waals surface area contributed by atoms with Gasteiger partial charge in [0, 0.05) is 24.8 Å². The molecule has 1 saturated heterocycles. The van der Waals surface area contributed by atoms with Crippen molar-refractivity contribution in [3.8, 4) is 11.6 Å². The van der Waals surface area contributed by atoms with E-state index in [9.17, 15) is 4.79 Å². The quantitative estimate of drug-likeness (QED) is 0.563. The van der Waals surface area contributed by atoms with Gasteiger partial charge in [-0.05, 0) is 63.9 Å². The van der Waals surface area contributed by atoms with E-state index in [0.717, 1.165) is 56.8 Å². The van der Waals surface area contributed by atoms with Crippen LogP contribution in [0.5, 0.6) is 11.6 Å². The lowest BCUT2D eigenvalue weighted by molar-refractivity contribution is -0.122. The van der Waals surface area contributed by atoms with E-state index < -0.39 is 0 Å². The predicted octanol–water partition coefficient (Wildman–Crippen LogP) is 4.57. The van der Waals surface area contributed by atoms with Gasteiger partial charge < -0.3 is 10.1 Å². The van der Waals surface area contributed by atoms with E-state index in [-0.39, 0.29) is 11.9 Å². The van der Waals surface area contributed by atoms with E-state index in [1.165, 1.54) is 5.69 Å². The fraction of sp³-hybridized carbons (Fsp3) is 0.400. The molecular formula is C25H31N5O2. The Bertz CT molecular complexity index is 1020. The maximum Gasteiger partial charge on any atom is 0.241 e. The first-order valence-electron chi connectivity index (χ1n) is 11.3. The largest absolute Gasteiger partial charge is 0.439 e. The monoisotopic (exact) mass is 433 g/mol. The molecule has 4 rings (SSSR count). The number of likely N-dealkylation sites (tertiary alicyclic amines) is 1. The molecule has 1 aliphatic heterocycles. The van der Waals surface area contributed by atoms with Gasteiger partial charge in [-0.25, -0.2) is 4.98 Å². The van der Waals surface area contributed by atoms with E-state index in [1.54, 1.807) is 12.3 Å². The van der Waals surface area contributed by atoms with Crippen molar-refractivity contribution in [1.82, 2.24) is 19.7 Å². The number of carbonyl (C=O) groups is 1. The molecule has 168 valence electrons. The van der Waals surface area contributed by atoms with Gasteiger partial charge in [0.05, 0.1) is 23.6 Å². The highest BCUT2D eigenvalue weighted by molar-refractivity contribution is 5.94. The standard InChI is InChI=1S/C25H31N5O2/c1-19-17-20(2)30(28-19)16-8-15-29-14-7-6-11-23(29)25(31)27-21-12-13-24(26-18-21)32-22-9-4-3-5-10-22/h3-5,9-10,12-13,17-18,23H,6-8,11,14-16H2,1-2H3,(H,27,31)/t23-/m1/s1. The van der Waals surface area contributed by atoms with Gasteiger partial charge in [-0.1, -0.05) is 24.6 Å². The number of carbonyl (C=O) groups excluding carboxylic acids is 1. The normalized spacial score (nSPS) is 16.6. The molecule has 0 unspecified atom stereocenters. The Balaban J connectivity index is 1.31. The summed E-state index contributed by atoms with van der Waals surface area (Å²) in [6.07, 6.45) is 5.71. The second kappa shape index (κ2) is 10.4. The van der Waals surface area contributed by atoms with Crippen molar-refractivity contribution in [1.29, 1.82) is 0 Å². The summed E-state index contributed by atoms with van der Waals surface area (Å²) in [5.74, 6) is 1.27. The highest BCUT2D eigenvalue weighted by Gasteiger charge is 2.28. The number of hydrogen-bond acceptors (Lipinski definition) is 5. The number of aromatic nitrogens is 3. The SMILES string of the molecule is Cc1cc(C)n(CCCN2CCCC[C@@H]2C(=O)Nc2ccc(Oc3ccccc3)nc2)n1. The Morgan fingerprint density at radius 3 is 2.69 bits per heavy atom. The maximum absolute atomic E-state index is 13.0. The Morgan fingerprint density at radius 1 is 1.12 bits per heavy atom. The number of piperidine rings is 1. The van der Waals surface area contributed by atoms with E-state index in [2.05, 4.69) is 38.0 Å². The summed E-state index contributed by atoms with van der Waals surface area (Å²) in [6, 6.07) is 15.1. The molecule has 3 aromatic rings. The second-order valence-corrected chi connectivity index (χ2v) is 8.34. The molecule has 0 saturated carbocycles. The molecular weight excluding hydrogens is 402 g/mol. The minimum Gasteiger partial charge on any atom is -0.439 e. The molecule has 32 heavy (non-hydrogen) atoms. The fourth-order valence-corrected chi connectivity index (χ4v) is 4.23. The fourth-order valence-electron chi connectivity index (χ4n) is 4.23. The van der Waals surface area contributed by atoms with Gasteiger partial charge in [0.1, 0.15) is 5.75 Å². The summed E-state index contributed by atoms with van der Waals surface area (Å²) in [5.41, 5.74) is 2.91. The topological polar surface area (TPSA) is 72.3 Å². The van der Waals surface area contributed by atoms with Crippen molar-refractivity contribution in [2.45, 2.75) is 52.1 Å². The molecule has 1 fully saturated rings. The number of para-hydroxylation sites is 1. The van der Waals surface area contributed by atoms with E-state index in [1.807, 2.05) is 43.3 Å². The average molecular weight is 434 g/mol.